The van der Waals surface area contributed by atoms with Crippen molar-refractivity contribution in [3.63, 3.8) is 0 Å². The zero-order valence-electron chi connectivity index (χ0n) is 14.5. The first kappa shape index (κ1) is 19.8. The van der Waals surface area contributed by atoms with E-state index >= 15 is 0 Å². The van der Waals surface area contributed by atoms with E-state index in [-0.39, 0.29) is 12.3 Å². The summed E-state index contributed by atoms with van der Waals surface area (Å²) in [5.74, 6) is 0.471. The van der Waals surface area contributed by atoms with E-state index in [1.54, 1.807) is 36.2 Å². The van der Waals surface area contributed by atoms with Crippen molar-refractivity contribution >= 4 is 34.7 Å². The van der Waals surface area contributed by atoms with Crippen LogP contribution in [0.1, 0.15) is 12.5 Å². The molecule has 0 aliphatic carbocycles. The smallest absolute Gasteiger partial charge is 0.417 e. The van der Waals surface area contributed by atoms with Gasteiger partial charge in [-0.05, 0) is 37.3 Å². The number of hydrazone groups is 1. The van der Waals surface area contributed by atoms with Crippen LogP contribution in [-0.4, -0.2) is 18.3 Å². The molecule has 11 heteroatoms. The second kappa shape index (κ2) is 7.95. The quantitative estimate of drug-likeness (QED) is 0.699. The Morgan fingerprint density at radius 3 is 2.75 bits per heavy atom. The summed E-state index contributed by atoms with van der Waals surface area (Å²) in [5.41, 5.74) is 5.08. The van der Waals surface area contributed by atoms with Crippen molar-refractivity contribution in [2.45, 2.75) is 13.1 Å². The number of anilines is 2. The first-order chi connectivity index (χ1) is 13.2. The average molecular weight is 414 g/mol. The molecule has 1 aliphatic rings. The third-order valence-electron chi connectivity index (χ3n) is 3.70. The summed E-state index contributed by atoms with van der Waals surface area (Å²) in [4.78, 5) is 12.0. The molecule has 0 saturated carbocycles. The third-order valence-corrected chi connectivity index (χ3v) is 4.03. The van der Waals surface area contributed by atoms with Crippen molar-refractivity contribution < 1.29 is 22.7 Å². The summed E-state index contributed by atoms with van der Waals surface area (Å²) in [7, 11) is 0. The molecular formula is C17H15ClF3N5O2. The first-order valence-electron chi connectivity index (χ1n) is 7.98. The fraction of sp³-hybridized carbons (Fsp3) is 0.176. The van der Waals surface area contributed by atoms with Crippen LogP contribution in [0.25, 0.3) is 0 Å². The molecule has 0 fully saturated rings. The first-order valence-corrected chi connectivity index (χ1v) is 8.36. The molecule has 0 radical (unpaired) electrons. The predicted molar refractivity (Wildman–Crippen MR) is 98.9 cm³/mol. The van der Waals surface area contributed by atoms with E-state index in [2.05, 4.69) is 21.5 Å². The van der Waals surface area contributed by atoms with Crippen LogP contribution in [0.4, 0.5) is 24.5 Å². The Morgan fingerprint density at radius 2 is 2.07 bits per heavy atom. The molecule has 0 unspecified atom stereocenters. The molecule has 2 aromatic carbocycles. The van der Waals surface area contributed by atoms with Gasteiger partial charge in [-0.25, -0.2) is 10.5 Å². The standard InChI is InChI=1S/C17H15ClF3N5O2/c1-10-23-24-25-26(10)12-3-2-4-13(8-12)28-9-16(27)22-11-5-6-15(18)14(7-11)17(19,20)21/h2-8,24-25H,9H2,1H3,(H,22,27). The molecule has 0 aromatic heterocycles. The van der Waals surface area contributed by atoms with Gasteiger partial charge in [0.15, 0.2) is 6.61 Å². The summed E-state index contributed by atoms with van der Waals surface area (Å²) < 4.78 is 44.1. The molecule has 1 aliphatic heterocycles. The zero-order chi connectivity index (χ0) is 20.3. The van der Waals surface area contributed by atoms with Gasteiger partial charge in [-0.3, -0.25) is 4.79 Å². The number of carbonyl (C=O) groups excluding carboxylic acids is 1. The van der Waals surface area contributed by atoms with Crippen molar-refractivity contribution in [3.8, 4) is 5.75 Å². The second-order valence-electron chi connectivity index (χ2n) is 5.74. The fourth-order valence-electron chi connectivity index (χ4n) is 2.42. The molecule has 1 amide bonds. The summed E-state index contributed by atoms with van der Waals surface area (Å²) >= 11 is 5.56. The summed E-state index contributed by atoms with van der Waals surface area (Å²) in [5, 5.41) is 7.54. The highest BCUT2D eigenvalue weighted by molar-refractivity contribution is 6.31. The maximum absolute atomic E-state index is 12.9. The van der Waals surface area contributed by atoms with E-state index in [0.717, 1.165) is 17.8 Å². The van der Waals surface area contributed by atoms with E-state index < -0.39 is 22.7 Å². The highest BCUT2D eigenvalue weighted by atomic mass is 35.5. The molecule has 0 bridgehead atoms. The Hall–Kier alpha value is -2.98. The number of rotatable bonds is 5. The minimum Gasteiger partial charge on any atom is -0.484 e. The third kappa shape index (κ3) is 4.65. The Balaban J connectivity index is 1.62. The number of amidine groups is 1. The van der Waals surface area contributed by atoms with Crippen LogP contribution in [0.3, 0.4) is 0 Å². The number of carbonyl (C=O) groups is 1. The lowest BCUT2D eigenvalue weighted by molar-refractivity contribution is -0.137. The van der Waals surface area contributed by atoms with Crippen LogP contribution < -0.4 is 26.1 Å². The summed E-state index contributed by atoms with van der Waals surface area (Å²) in [6.07, 6.45) is -4.62. The normalized spacial score (nSPS) is 13.8. The van der Waals surface area contributed by atoms with Crippen molar-refractivity contribution in [2.75, 3.05) is 16.9 Å². The molecule has 28 heavy (non-hydrogen) atoms. The van der Waals surface area contributed by atoms with Gasteiger partial charge in [0, 0.05) is 11.8 Å². The Bertz CT molecular complexity index is 920. The maximum Gasteiger partial charge on any atom is 0.417 e. The molecule has 148 valence electrons. The number of hydrazine groups is 2. The number of hydrogen-bond acceptors (Lipinski definition) is 6. The molecule has 2 aromatic rings. The number of ether oxygens (including phenoxy) is 1. The number of alkyl halides is 3. The lowest BCUT2D eigenvalue weighted by atomic mass is 10.2. The number of halogens is 4. The average Bonchev–Trinajstić information content (AvgIpc) is 3.07. The van der Waals surface area contributed by atoms with E-state index in [1.165, 1.54) is 6.07 Å². The largest absolute Gasteiger partial charge is 0.484 e. The van der Waals surface area contributed by atoms with Gasteiger partial charge in [0.2, 0.25) is 0 Å². The van der Waals surface area contributed by atoms with E-state index in [4.69, 9.17) is 16.3 Å². The van der Waals surface area contributed by atoms with Gasteiger partial charge in [-0.2, -0.15) is 13.2 Å². The SMILES string of the molecule is CC1=NNNN1c1cccc(OCC(=O)Nc2ccc(Cl)c(C(F)(F)F)c2)c1. The van der Waals surface area contributed by atoms with Crippen LogP contribution in [0, 0.1) is 0 Å². The van der Waals surface area contributed by atoms with Crippen LogP contribution in [0.15, 0.2) is 47.6 Å². The Labute approximate surface area is 163 Å². The minimum absolute atomic E-state index is 0.0294. The van der Waals surface area contributed by atoms with Crippen molar-refractivity contribution in [1.82, 2.24) is 11.1 Å². The highest BCUT2D eigenvalue weighted by Gasteiger charge is 2.33. The molecule has 1 heterocycles. The van der Waals surface area contributed by atoms with E-state index in [9.17, 15) is 18.0 Å². The van der Waals surface area contributed by atoms with E-state index in [0.29, 0.717) is 11.6 Å². The Kier molecular flexibility index (Phi) is 5.61. The molecule has 3 N–H and O–H groups in total. The maximum atomic E-state index is 12.9. The van der Waals surface area contributed by atoms with Gasteiger partial charge >= 0.3 is 6.18 Å². The number of nitrogens with zero attached hydrogens (tertiary/aromatic N) is 2. The molecule has 0 spiro atoms. The number of amides is 1. The number of hydrogen-bond donors (Lipinski definition) is 3. The molecule has 0 saturated heterocycles. The van der Waals surface area contributed by atoms with Crippen LogP contribution >= 0.6 is 11.6 Å². The summed E-state index contributed by atoms with van der Waals surface area (Å²) in [6, 6.07) is 9.99. The van der Waals surface area contributed by atoms with Gasteiger partial charge < -0.3 is 10.1 Å². The lowest BCUT2D eigenvalue weighted by Crippen LogP contribution is -2.40. The summed E-state index contributed by atoms with van der Waals surface area (Å²) in [6.45, 7) is 1.40. The van der Waals surface area contributed by atoms with Gasteiger partial charge in [0.1, 0.15) is 11.6 Å². The Morgan fingerprint density at radius 1 is 1.29 bits per heavy atom. The van der Waals surface area contributed by atoms with Crippen molar-refractivity contribution in [2.24, 2.45) is 5.10 Å². The molecule has 0 atom stereocenters. The molecule has 3 rings (SSSR count). The second-order valence-corrected chi connectivity index (χ2v) is 6.15. The van der Waals surface area contributed by atoms with Gasteiger partial charge in [-0.15, -0.1) is 10.6 Å². The highest BCUT2D eigenvalue weighted by Crippen LogP contribution is 2.36. The van der Waals surface area contributed by atoms with Gasteiger partial charge in [-0.1, -0.05) is 17.7 Å². The van der Waals surface area contributed by atoms with Gasteiger partial charge in [0.05, 0.1) is 16.3 Å². The van der Waals surface area contributed by atoms with Gasteiger partial charge in [0.25, 0.3) is 5.91 Å². The lowest BCUT2D eigenvalue weighted by Gasteiger charge is -2.17. The van der Waals surface area contributed by atoms with Crippen LogP contribution in [0.5, 0.6) is 5.75 Å². The molecule has 7 nitrogen and oxygen atoms in total. The predicted octanol–water partition coefficient (Wildman–Crippen LogP) is 3.54. The monoisotopic (exact) mass is 413 g/mol. The zero-order valence-corrected chi connectivity index (χ0v) is 15.2. The van der Waals surface area contributed by atoms with Crippen molar-refractivity contribution in [1.29, 1.82) is 0 Å². The number of nitrogens with one attached hydrogen (secondary N) is 3. The minimum atomic E-state index is -4.62. The molecular weight excluding hydrogens is 399 g/mol. The number of benzene rings is 2. The van der Waals surface area contributed by atoms with E-state index in [1.807, 2.05) is 0 Å². The van der Waals surface area contributed by atoms with Crippen LogP contribution in [0.2, 0.25) is 5.02 Å². The topological polar surface area (TPSA) is 78.0 Å². The van der Waals surface area contributed by atoms with Crippen molar-refractivity contribution in [3.05, 3.63) is 53.1 Å². The fourth-order valence-corrected chi connectivity index (χ4v) is 2.64. The van der Waals surface area contributed by atoms with Crippen LogP contribution in [-0.2, 0) is 11.0 Å².